The van der Waals surface area contributed by atoms with E-state index in [1.165, 1.54) is 5.56 Å². The van der Waals surface area contributed by atoms with Crippen molar-refractivity contribution in [3.05, 3.63) is 35.4 Å². The van der Waals surface area contributed by atoms with Gasteiger partial charge in [-0.05, 0) is 37.8 Å². The molecule has 0 aliphatic carbocycles. The van der Waals surface area contributed by atoms with Crippen LogP contribution in [0.25, 0.3) is 0 Å². The molecule has 96 valence electrons. The van der Waals surface area contributed by atoms with Crippen LogP contribution in [-0.4, -0.2) is 17.2 Å². The van der Waals surface area contributed by atoms with Crippen molar-refractivity contribution in [2.24, 2.45) is 0 Å². The molecule has 0 spiro atoms. The van der Waals surface area contributed by atoms with Crippen molar-refractivity contribution in [3.63, 3.8) is 0 Å². The molecule has 0 aromatic heterocycles. The SMILES string of the molecule is CC(C)c1ccc(C(O)CNC(C)(C)C)cc1. The number of rotatable bonds is 4. The highest BCUT2D eigenvalue weighted by Crippen LogP contribution is 2.18. The smallest absolute Gasteiger partial charge is 0.0914 e. The topological polar surface area (TPSA) is 32.3 Å². The highest BCUT2D eigenvalue weighted by molar-refractivity contribution is 5.26. The number of aliphatic hydroxyl groups excluding tert-OH is 1. The molecule has 1 atom stereocenters. The summed E-state index contributed by atoms with van der Waals surface area (Å²) < 4.78 is 0. The molecule has 2 heteroatoms. The molecular formula is C15H25NO. The van der Waals surface area contributed by atoms with E-state index in [2.05, 4.69) is 52.1 Å². The van der Waals surface area contributed by atoms with Crippen molar-refractivity contribution in [3.8, 4) is 0 Å². The molecule has 1 aromatic carbocycles. The summed E-state index contributed by atoms with van der Waals surface area (Å²) in [4.78, 5) is 0. The van der Waals surface area contributed by atoms with Gasteiger partial charge in [0.1, 0.15) is 0 Å². The zero-order chi connectivity index (χ0) is 13.1. The third-order valence-corrected chi connectivity index (χ3v) is 2.81. The molecule has 0 saturated carbocycles. The van der Waals surface area contributed by atoms with Gasteiger partial charge in [-0.25, -0.2) is 0 Å². The van der Waals surface area contributed by atoms with Gasteiger partial charge in [-0.1, -0.05) is 38.1 Å². The number of β-amino-alcohol motifs (C(OH)–C–C–N with tert-alkyl or cyclic N) is 1. The van der Waals surface area contributed by atoms with Crippen LogP contribution in [0.2, 0.25) is 0 Å². The lowest BCUT2D eigenvalue weighted by molar-refractivity contribution is 0.163. The molecule has 0 bridgehead atoms. The quantitative estimate of drug-likeness (QED) is 0.839. The maximum Gasteiger partial charge on any atom is 0.0914 e. The van der Waals surface area contributed by atoms with Gasteiger partial charge in [-0.2, -0.15) is 0 Å². The van der Waals surface area contributed by atoms with Gasteiger partial charge in [-0.15, -0.1) is 0 Å². The molecule has 1 unspecified atom stereocenters. The van der Waals surface area contributed by atoms with Crippen LogP contribution in [0.3, 0.4) is 0 Å². The monoisotopic (exact) mass is 235 g/mol. The Balaban J connectivity index is 2.60. The van der Waals surface area contributed by atoms with Gasteiger partial charge in [0, 0.05) is 12.1 Å². The lowest BCUT2D eigenvalue weighted by atomic mass is 9.99. The summed E-state index contributed by atoms with van der Waals surface area (Å²) in [6.45, 7) is 11.2. The molecule has 2 nitrogen and oxygen atoms in total. The maximum absolute atomic E-state index is 10.1. The first kappa shape index (κ1) is 14.2. The Morgan fingerprint density at radius 2 is 1.53 bits per heavy atom. The van der Waals surface area contributed by atoms with Gasteiger partial charge in [0.05, 0.1) is 6.10 Å². The molecule has 17 heavy (non-hydrogen) atoms. The molecule has 0 aliphatic rings. The van der Waals surface area contributed by atoms with Crippen molar-refractivity contribution in [2.45, 2.75) is 52.2 Å². The highest BCUT2D eigenvalue weighted by Gasteiger charge is 2.13. The first-order chi connectivity index (χ1) is 7.79. The van der Waals surface area contributed by atoms with Crippen LogP contribution >= 0.6 is 0 Å². The summed E-state index contributed by atoms with van der Waals surface area (Å²) in [5.74, 6) is 0.536. The predicted octanol–water partition coefficient (Wildman–Crippen LogP) is 3.23. The van der Waals surface area contributed by atoms with Crippen molar-refractivity contribution in [1.29, 1.82) is 0 Å². The van der Waals surface area contributed by atoms with Gasteiger partial charge in [-0.3, -0.25) is 0 Å². The number of nitrogens with one attached hydrogen (secondary N) is 1. The molecule has 0 amide bonds. The molecule has 0 fully saturated rings. The van der Waals surface area contributed by atoms with Gasteiger partial charge in [0.25, 0.3) is 0 Å². The van der Waals surface area contributed by atoms with Crippen molar-refractivity contribution < 1.29 is 5.11 Å². The maximum atomic E-state index is 10.1. The van der Waals surface area contributed by atoms with Crippen LogP contribution in [-0.2, 0) is 0 Å². The highest BCUT2D eigenvalue weighted by atomic mass is 16.3. The Kier molecular flexibility index (Phi) is 4.72. The number of hydrogen-bond acceptors (Lipinski definition) is 2. The van der Waals surface area contributed by atoms with Crippen molar-refractivity contribution >= 4 is 0 Å². The number of hydrogen-bond donors (Lipinski definition) is 2. The fourth-order valence-electron chi connectivity index (χ4n) is 1.62. The summed E-state index contributed by atoms with van der Waals surface area (Å²) in [6, 6.07) is 8.23. The van der Waals surface area contributed by atoms with E-state index in [4.69, 9.17) is 0 Å². The van der Waals surface area contributed by atoms with Crippen molar-refractivity contribution in [1.82, 2.24) is 5.32 Å². The van der Waals surface area contributed by atoms with Gasteiger partial charge in [0.15, 0.2) is 0 Å². The molecule has 0 heterocycles. The molecule has 0 radical (unpaired) electrons. The van der Waals surface area contributed by atoms with Crippen LogP contribution in [0.5, 0.6) is 0 Å². The molecule has 0 saturated heterocycles. The van der Waals surface area contributed by atoms with E-state index in [1.54, 1.807) is 0 Å². The minimum atomic E-state index is -0.435. The molecule has 1 rings (SSSR count). The average Bonchev–Trinajstić information content (AvgIpc) is 2.25. The lowest BCUT2D eigenvalue weighted by Gasteiger charge is -2.23. The normalized spacial score (nSPS) is 14.1. The Bertz CT molecular complexity index is 335. The summed E-state index contributed by atoms with van der Waals surface area (Å²) >= 11 is 0. The van der Waals surface area contributed by atoms with Crippen LogP contribution < -0.4 is 5.32 Å². The summed E-state index contributed by atoms with van der Waals surface area (Å²) in [5, 5.41) is 13.4. The van der Waals surface area contributed by atoms with Crippen LogP contribution in [0.15, 0.2) is 24.3 Å². The van der Waals surface area contributed by atoms with Crippen LogP contribution in [0, 0.1) is 0 Å². The number of aliphatic hydroxyl groups is 1. The fourth-order valence-corrected chi connectivity index (χ4v) is 1.62. The summed E-state index contributed by atoms with van der Waals surface area (Å²) in [5.41, 5.74) is 2.33. The van der Waals surface area contributed by atoms with E-state index < -0.39 is 6.10 Å². The van der Waals surface area contributed by atoms with E-state index in [0.29, 0.717) is 12.5 Å². The standard InChI is InChI=1S/C15H25NO/c1-11(2)12-6-8-13(9-7-12)14(17)10-16-15(3,4)5/h6-9,11,14,16-17H,10H2,1-5H3. The van der Waals surface area contributed by atoms with Gasteiger partial charge in [0.2, 0.25) is 0 Å². The van der Waals surface area contributed by atoms with Crippen LogP contribution in [0.4, 0.5) is 0 Å². The molecule has 0 aliphatic heterocycles. The largest absolute Gasteiger partial charge is 0.387 e. The Hall–Kier alpha value is -0.860. The second-order valence-corrected chi connectivity index (χ2v) is 5.97. The Morgan fingerprint density at radius 1 is 1.06 bits per heavy atom. The lowest BCUT2D eigenvalue weighted by Crippen LogP contribution is -2.38. The minimum Gasteiger partial charge on any atom is -0.387 e. The summed E-state index contributed by atoms with van der Waals surface area (Å²) in [7, 11) is 0. The Morgan fingerprint density at radius 3 is 1.94 bits per heavy atom. The van der Waals surface area contributed by atoms with Gasteiger partial charge >= 0.3 is 0 Å². The summed E-state index contributed by atoms with van der Waals surface area (Å²) in [6.07, 6.45) is -0.435. The molecule has 2 N–H and O–H groups in total. The molecular weight excluding hydrogens is 210 g/mol. The third kappa shape index (κ3) is 4.88. The van der Waals surface area contributed by atoms with Crippen molar-refractivity contribution in [2.75, 3.05) is 6.54 Å². The first-order valence-corrected chi connectivity index (χ1v) is 6.32. The van der Waals surface area contributed by atoms with E-state index in [1.807, 2.05) is 12.1 Å². The fraction of sp³-hybridized carbons (Fsp3) is 0.600. The van der Waals surface area contributed by atoms with Gasteiger partial charge < -0.3 is 10.4 Å². The zero-order valence-corrected chi connectivity index (χ0v) is 11.6. The second kappa shape index (κ2) is 5.65. The van der Waals surface area contributed by atoms with E-state index in [-0.39, 0.29) is 5.54 Å². The molecule has 1 aromatic rings. The minimum absolute atomic E-state index is 0.0405. The number of benzene rings is 1. The Labute approximate surface area is 105 Å². The zero-order valence-electron chi connectivity index (χ0n) is 11.6. The van der Waals surface area contributed by atoms with E-state index in [0.717, 1.165) is 5.56 Å². The van der Waals surface area contributed by atoms with E-state index >= 15 is 0 Å². The second-order valence-electron chi connectivity index (χ2n) is 5.97. The van der Waals surface area contributed by atoms with E-state index in [9.17, 15) is 5.11 Å². The third-order valence-electron chi connectivity index (χ3n) is 2.81. The van der Waals surface area contributed by atoms with Crippen LogP contribution in [0.1, 0.15) is 57.8 Å². The average molecular weight is 235 g/mol. The first-order valence-electron chi connectivity index (χ1n) is 6.32. The predicted molar refractivity (Wildman–Crippen MR) is 73.2 cm³/mol.